The number of carbonyl (C=O) groups excluding carboxylic acids is 2. The van der Waals surface area contributed by atoms with Gasteiger partial charge in [-0.3, -0.25) is 9.59 Å². The smallest absolute Gasteiger partial charge is 0.254 e. The van der Waals surface area contributed by atoms with Gasteiger partial charge >= 0.3 is 0 Å². The van der Waals surface area contributed by atoms with Crippen molar-refractivity contribution in [3.05, 3.63) is 71.5 Å². The zero-order valence-electron chi connectivity index (χ0n) is 12.8. The van der Waals surface area contributed by atoms with Crippen molar-refractivity contribution in [2.75, 3.05) is 6.54 Å². The van der Waals surface area contributed by atoms with Crippen molar-refractivity contribution < 1.29 is 14.0 Å². The van der Waals surface area contributed by atoms with E-state index in [1.807, 2.05) is 30.3 Å². The van der Waals surface area contributed by atoms with E-state index in [1.165, 1.54) is 18.2 Å². The molecule has 0 heterocycles. The minimum atomic E-state index is -0.909. The number of carbonyl (C=O) groups is 2. The Hall–Kier alpha value is -3.20. The number of nitrogens with zero attached hydrogens (tertiary/aromatic N) is 1. The van der Waals surface area contributed by atoms with E-state index in [4.69, 9.17) is 5.26 Å². The Bertz CT molecular complexity index is 756. The molecule has 0 fully saturated rings. The largest absolute Gasteiger partial charge is 0.341 e. The summed E-state index contributed by atoms with van der Waals surface area (Å²) in [4.78, 5) is 24.4. The standard InChI is InChI=1S/C18H16FN3O2/c19-15-9-5-4-8-14(15)17(23)22-16(18(24)21-11-10-20)12-13-6-2-1-3-7-13/h1-9,16H,11-12H2,(H,21,24)(H,22,23). The molecule has 6 heteroatoms. The van der Waals surface area contributed by atoms with Crippen molar-refractivity contribution >= 4 is 11.8 Å². The predicted octanol–water partition coefficient (Wildman–Crippen LogP) is 1.81. The Labute approximate surface area is 139 Å². The predicted molar refractivity (Wildman–Crippen MR) is 86.4 cm³/mol. The van der Waals surface area contributed by atoms with Crippen LogP contribution in [-0.2, 0) is 11.2 Å². The van der Waals surface area contributed by atoms with E-state index < -0.39 is 23.7 Å². The van der Waals surface area contributed by atoms with Gasteiger partial charge in [0.05, 0.1) is 11.6 Å². The van der Waals surface area contributed by atoms with Gasteiger partial charge in [0.1, 0.15) is 18.4 Å². The first-order valence-electron chi connectivity index (χ1n) is 7.36. The summed E-state index contributed by atoms with van der Waals surface area (Å²) >= 11 is 0. The molecule has 0 saturated heterocycles. The summed E-state index contributed by atoms with van der Waals surface area (Å²) < 4.78 is 13.7. The van der Waals surface area contributed by atoms with Crippen molar-refractivity contribution in [2.24, 2.45) is 0 Å². The lowest BCUT2D eigenvalue weighted by atomic mass is 10.0. The van der Waals surface area contributed by atoms with Gasteiger partial charge in [-0.05, 0) is 17.7 Å². The highest BCUT2D eigenvalue weighted by Gasteiger charge is 2.22. The second kappa shape index (κ2) is 8.44. The number of nitrogens with one attached hydrogen (secondary N) is 2. The quantitative estimate of drug-likeness (QED) is 0.795. The fraction of sp³-hybridized carbons (Fsp3) is 0.167. The first-order chi connectivity index (χ1) is 11.6. The molecule has 1 unspecified atom stereocenters. The topological polar surface area (TPSA) is 82.0 Å². The summed E-state index contributed by atoms with van der Waals surface area (Å²) in [6.45, 7) is -0.167. The van der Waals surface area contributed by atoms with E-state index in [-0.39, 0.29) is 18.5 Å². The zero-order valence-corrected chi connectivity index (χ0v) is 12.8. The highest BCUT2D eigenvalue weighted by molar-refractivity contribution is 5.97. The second-order valence-electron chi connectivity index (χ2n) is 5.07. The van der Waals surface area contributed by atoms with Crippen molar-refractivity contribution in [1.82, 2.24) is 10.6 Å². The van der Waals surface area contributed by atoms with E-state index in [0.717, 1.165) is 5.56 Å². The van der Waals surface area contributed by atoms with Gasteiger partial charge in [0, 0.05) is 6.42 Å². The molecule has 0 aromatic heterocycles. The van der Waals surface area contributed by atoms with Crippen LogP contribution in [0.15, 0.2) is 54.6 Å². The zero-order chi connectivity index (χ0) is 17.4. The van der Waals surface area contributed by atoms with Crippen LogP contribution in [0.2, 0.25) is 0 Å². The van der Waals surface area contributed by atoms with Crippen LogP contribution in [0.3, 0.4) is 0 Å². The number of rotatable bonds is 6. The summed E-state index contributed by atoms with van der Waals surface area (Å²) in [5, 5.41) is 13.5. The van der Waals surface area contributed by atoms with Crippen LogP contribution in [0.5, 0.6) is 0 Å². The Morgan fingerprint density at radius 1 is 1.08 bits per heavy atom. The van der Waals surface area contributed by atoms with Gasteiger partial charge < -0.3 is 10.6 Å². The van der Waals surface area contributed by atoms with Gasteiger partial charge in [-0.2, -0.15) is 5.26 Å². The Morgan fingerprint density at radius 3 is 2.42 bits per heavy atom. The molecule has 0 aliphatic heterocycles. The maximum absolute atomic E-state index is 13.7. The molecule has 122 valence electrons. The second-order valence-corrected chi connectivity index (χ2v) is 5.07. The lowest BCUT2D eigenvalue weighted by Crippen LogP contribution is -2.48. The van der Waals surface area contributed by atoms with Gasteiger partial charge in [0.2, 0.25) is 5.91 Å². The molecule has 0 spiro atoms. The number of halogens is 1. The lowest BCUT2D eigenvalue weighted by Gasteiger charge is -2.18. The van der Waals surface area contributed by atoms with Crippen molar-refractivity contribution in [2.45, 2.75) is 12.5 Å². The summed E-state index contributed by atoms with van der Waals surface area (Å²) in [5.74, 6) is -1.84. The first kappa shape index (κ1) is 17.2. The van der Waals surface area contributed by atoms with Crippen LogP contribution < -0.4 is 10.6 Å². The minimum Gasteiger partial charge on any atom is -0.341 e. The van der Waals surface area contributed by atoms with E-state index >= 15 is 0 Å². The molecule has 2 N–H and O–H groups in total. The summed E-state index contributed by atoms with van der Waals surface area (Å²) in [5.41, 5.74) is 0.701. The SMILES string of the molecule is N#CCNC(=O)C(Cc1ccccc1)NC(=O)c1ccccc1F. The maximum Gasteiger partial charge on any atom is 0.254 e. The third-order valence-electron chi connectivity index (χ3n) is 3.36. The Balaban J connectivity index is 2.16. The van der Waals surface area contributed by atoms with Gasteiger partial charge in [-0.25, -0.2) is 4.39 Å². The Morgan fingerprint density at radius 2 is 1.75 bits per heavy atom. The van der Waals surface area contributed by atoms with Gasteiger partial charge in [0.15, 0.2) is 0 Å². The molecule has 2 amide bonds. The fourth-order valence-corrected chi connectivity index (χ4v) is 2.19. The normalized spacial score (nSPS) is 11.2. The molecule has 0 radical (unpaired) electrons. The van der Waals surface area contributed by atoms with Crippen LogP contribution in [0.1, 0.15) is 15.9 Å². The molecule has 0 saturated carbocycles. The summed E-state index contributed by atoms with van der Waals surface area (Å²) in [6, 6.07) is 15.6. The molecule has 2 rings (SSSR count). The van der Waals surface area contributed by atoms with Gasteiger partial charge in [0.25, 0.3) is 5.91 Å². The molecule has 24 heavy (non-hydrogen) atoms. The third-order valence-corrected chi connectivity index (χ3v) is 3.36. The number of hydrogen-bond acceptors (Lipinski definition) is 3. The number of nitriles is 1. The van der Waals surface area contributed by atoms with Crippen LogP contribution in [-0.4, -0.2) is 24.4 Å². The summed E-state index contributed by atoms with van der Waals surface area (Å²) in [7, 11) is 0. The highest BCUT2D eigenvalue weighted by Crippen LogP contribution is 2.08. The molecule has 1 atom stereocenters. The molecular formula is C18H16FN3O2. The van der Waals surface area contributed by atoms with Crippen LogP contribution >= 0.6 is 0 Å². The highest BCUT2D eigenvalue weighted by atomic mass is 19.1. The van der Waals surface area contributed by atoms with Crippen LogP contribution in [0, 0.1) is 17.1 Å². The summed E-state index contributed by atoms with van der Waals surface area (Å²) in [6.07, 6.45) is 0.234. The number of hydrogen-bond donors (Lipinski definition) is 2. The van der Waals surface area contributed by atoms with E-state index in [2.05, 4.69) is 10.6 Å². The van der Waals surface area contributed by atoms with Gasteiger partial charge in [-0.15, -0.1) is 0 Å². The molecule has 2 aromatic rings. The molecule has 5 nitrogen and oxygen atoms in total. The molecule has 0 bridgehead atoms. The Kier molecular flexibility index (Phi) is 6.03. The van der Waals surface area contributed by atoms with Crippen LogP contribution in [0.4, 0.5) is 4.39 Å². The van der Waals surface area contributed by atoms with E-state index in [1.54, 1.807) is 12.1 Å². The number of benzene rings is 2. The monoisotopic (exact) mass is 325 g/mol. The average Bonchev–Trinajstić information content (AvgIpc) is 2.60. The van der Waals surface area contributed by atoms with E-state index in [9.17, 15) is 14.0 Å². The fourth-order valence-electron chi connectivity index (χ4n) is 2.19. The molecule has 0 aliphatic rings. The minimum absolute atomic E-state index is 0.136. The van der Waals surface area contributed by atoms with Crippen molar-refractivity contribution in [3.8, 4) is 6.07 Å². The maximum atomic E-state index is 13.7. The van der Waals surface area contributed by atoms with Crippen LogP contribution in [0.25, 0.3) is 0 Å². The molecular weight excluding hydrogens is 309 g/mol. The number of amides is 2. The average molecular weight is 325 g/mol. The molecule has 0 aliphatic carbocycles. The molecule has 2 aromatic carbocycles. The van der Waals surface area contributed by atoms with Gasteiger partial charge in [-0.1, -0.05) is 42.5 Å². The van der Waals surface area contributed by atoms with Crippen molar-refractivity contribution in [3.63, 3.8) is 0 Å². The third kappa shape index (κ3) is 4.65. The van der Waals surface area contributed by atoms with Crippen molar-refractivity contribution in [1.29, 1.82) is 5.26 Å². The lowest BCUT2D eigenvalue weighted by molar-refractivity contribution is -0.122. The van der Waals surface area contributed by atoms with E-state index in [0.29, 0.717) is 0 Å². The first-order valence-corrected chi connectivity index (χ1v) is 7.36.